The first-order chi connectivity index (χ1) is 12.6. The van der Waals surface area contributed by atoms with E-state index in [1.807, 2.05) is 19.1 Å². The summed E-state index contributed by atoms with van der Waals surface area (Å²) in [6, 6.07) is 9.75. The molecule has 1 N–H and O–H groups in total. The highest BCUT2D eigenvalue weighted by molar-refractivity contribution is 5.92. The van der Waals surface area contributed by atoms with Crippen molar-refractivity contribution >= 4 is 16.9 Å². The summed E-state index contributed by atoms with van der Waals surface area (Å²) in [4.78, 5) is 28.2. The number of rotatable bonds is 4. The van der Waals surface area contributed by atoms with Gasteiger partial charge in [-0.25, -0.2) is 9.78 Å². The van der Waals surface area contributed by atoms with E-state index in [2.05, 4.69) is 17.1 Å². The Morgan fingerprint density at radius 1 is 1.31 bits per heavy atom. The smallest absolute Gasteiger partial charge is 0.341 e. The summed E-state index contributed by atoms with van der Waals surface area (Å²) in [5, 5.41) is 9.60. The lowest BCUT2D eigenvalue weighted by molar-refractivity contribution is 0.0695. The van der Waals surface area contributed by atoms with Crippen molar-refractivity contribution in [3.8, 4) is 5.88 Å². The van der Waals surface area contributed by atoms with E-state index < -0.39 is 11.4 Å². The van der Waals surface area contributed by atoms with Gasteiger partial charge in [-0.2, -0.15) is 0 Å². The molecule has 6 nitrogen and oxygen atoms in total. The van der Waals surface area contributed by atoms with Gasteiger partial charge >= 0.3 is 5.97 Å². The first-order valence-corrected chi connectivity index (χ1v) is 8.56. The number of carbonyl (C=O) groups is 1. The maximum atomic E-state index is 12.5. The number of carboxylic acids is 1. The van der Waals surface area contributed by atoms with Crippen LogP contribution in [0.5, 0.6) is 5.88 Å². The number of carboxylic acid groups (broad SMARTS) is 1. The molecule has 0 bridgehead atoms. The van der Waals surface area contributed by atoms with Crippen LogP contribution in [0.4, 0.5) is 0 Å². The molecule has 0 radical (unpaired) electrons. The molecule has 1 aromatic carbocycles. The quantitative estimate of drug-likeness (QED) is 0.782. The summed E-state index contributed by atoms with van der Waals surface area (Å²) in [6.45, 7) is 2.42. The molecule has 1 aliphatic carbocycles. The number of aryl methyl sites for hydroxylation is 1. The van der Waals surface area contributed by atoms with Gasteiger partial charge in [-0.05, 0) is 18.1 Å². The summed E-state index contributed by atoms with van der Waals surface area (Å²) in [5.41, 5.74) is 2.37. The van der Waals surface area contributed by atoms with Gasteiger partial charge in [0.1, 0.15) is 11.7 Å². The highest BCUT2D eigenvalue weighted by Gasteiger charge is 2.23. The van der Waals surface area contributed by atoms with Crippen LogP contribution in [-0.2, 0) is 19.4 Å². The lowest BCUT2D eigenvalue weighted by atomic mass is 10.1. The number of nitrogens with zero attached hydrogens (tertiary/aromatic N) is 2. The molecule has 0 saturated heterocycles. The first-order valence-electron chi connectivity index (χ1n) is 8.56. The van der Waals surface area contributed by atoms with Gasteiger partial charge in [0.15, 0.2) is 0 Å². The van der Waals surface area contributed by atoms with Gasteiger partial charge in [0, 0.05) is 31.6 Å². The van der Waals surface area contributed by atoms with E-state index >= 15 is 0 Å². The lowest BCUT2D eigenvalue weighted by Gasteiger charge is -2.14. The molecule has 0 fully saturated rings. The molecule has 0 atom stereocenters. The highest BCUT2D eigenvalue weighted by Crippen LogP contribution is 2.26. The van der Waals surface area contributed by atoms with Crippen LogP contribution in [0.1, 0.15) is 28.4 Å². The fourth-order valence-corrected chi connectivity index (χ4v) is 3.52. The third kappa shape index (κ3) is 2.73. The summed E-state index contributed by atoms with van der Waals surface area (Å²) >= 11 is 0. The lowest BCUT2D eigenvalue weighted by Crippen LogP contribution is -2.20. The number of pyridine rings is 2. The van der Waals surface area contributed by atoms with E-state index in [0.717, 1.165) is 12.8 Å². The van der Waals surface area contributed by atoms with E-state index in [1.165, 1.54) is 17.3 Å². The number of fused-ring (bicyclic) bond motifs is 2. The Hall–Kier alpha value is -3.15. The van der Waals surface area contributed by atoms with Crippen LogP contribution in [0.25, 0.3) is 10.9 Å². The zero-order chi connectivity index (χ0) is 18.3. The summed E-state index contributed by atoms with van der Waals surface area (Å²) in [5.74, 6) is -0.887. The molecule has 0 amide bonds. The molecule has 2 heterocycles. The molecule has 0 aliphatic heterocycles. The SMILES string of the molecule is CCn1cc(C(=O)O)c(=O)c2cc(OC3Cc4ccccc4C3)ncc21. The van der Waals surface area contributed by atoms with E-state index in [9.17, 15) is 14.7 Å². The van der Waals surface area contributed by atoms with Crippen LogP contribution in [-0.4, -0.2) is 26.7 Å². The van der Waals surface area contributed by atoms with Crippen LogP contribution in [0.15, 0.2) is 47.5 Å². The molecule has 2 aromatic heterocycles. The van der Waals surface area contributed by atoms with Crippen molar-refractivity contribution in [2.75, 3.05) is 0 Å². The van der Waals surface area contributed by atoms with E-state index in [0.29, 0.717) is 23.3 Å². The van der Waals surface area contributed by atoms with Crippen molar-refractivity contribution in [1.29, 1.82) is 0 Å². The topological polar surface area (TPSA) is 81.4 Å². The number of ether oxygens (including phenoxy) is 1. The monoisotopic (exact) mass is 350 g/mol. The molecule has 132 valence electrons. The number of hydrogen-bond acceptors (Lipinski definition) is 4. The maximum Gasteiger partial charge on any atom is 0.341 e. The van der Waals surface area contributed by atoms with Crippen molar-refractivity contribution in [3.63, 3.8) is 0 Å². The normalized spacial score (nSPS) is 13.7. The average molecular weight is 350 g/mol. The second-order valence-electron chi connectivity index (χ2n) is 6.42. The van der Waals surface area contributed by atoms with Gasteiger partial charge in [0.2, 0.25) is 11.3 Å². The molecule has 0 spiro atoms. The molecule has 26 heavy (non-hydrogen) atoms. The third-order valence-corrected chi connectivity index (χ3v) is 4.81. The molecular weight excluding hydrogens is 332 g/mol. The number of aromatic nitrogens is 2. The second-order valence-corrected chi connectivity index (χ2v) is 6.42. The van der Waals surface area contributed by atoms with Crippen molar-refractivity contribution in [3.05, 3.63) is 69.6 Å². The van der Waals surface area contributed by atoms with Gasteiger partial charge < -0.3 is 14.4 Å². The summed E-state index contributed by atoms with van der Waals surface area (Å²) in [7, 11) is 0. The number of hydrogen-bond donors (Lipinski definition) is 1. The van der Waals surface area contributed by atoms with E-state index in [-0.39, 0.29) is 11.7 Å². The standard InChI is InChI=1S/C20H18N2O4/c1-2-22-11-16(20(24)25)19(23)15-9-18(21-10-17(15)22)26-14-7-12-5-3-4-6-13(12)8-14/h3-6,9-11,14H,2,7-8H2,1H3,(H,24,25). The Kier molecular flexibility index (Phi) is 3.95. The zero-order valence-electron chi connectivity index (χ0n) is 14.3. The second kappa shape index (κ2) is 6.29. The zero-order valence-corrected chi connectivity index (χ0v) is 14.3. The van der Waals surface area contributed by atoms with Crippen molar-refractivity contribution in [1.82, 2.24) is 9.55 Å². The van der Waals surface area contributed by atoms with E-state index in [1.54, 1.807) is 16.8 Å². The van der Waals surface area contributed by atoms with Crippen molar-refractivity contribution in [2.45, 2.75) is 32.4 Å². The van der Waals surface area contributed by atoms with Crippen LogP contribution >= 0.6 is 0 Å². The predicted octanol–water partition coefficient (Wildman–Crippen LogP) is 2.66. The summed E-state index contributed by atoms with van der Waals surface area (Å²) in [6.07, 6.45) is 4.49. The number of benzene rings is 1. The van der Waals surface area contributed by atoms with Crippen LogP contribution in [0.3, 0.4) is 0 Å². The minimum atomic E-state index is -1.23. The summed E-state index contributed by atoms with van der Waals surface area (Å²) < 4.78 is 7.70. The van der Waals surface area contributed by atoms with Gasteiger partial charge in [0.25, 0.3) is 0 Å². The van der Waals surface area contributed by atoms with Crippen molar-refractivity contribution in [2.24, 2.45) is 0 Å². The average Bonchev–Trinajstić information content (AvgIpc) is 3.04. The van der Waals surface area contributed by atoms with Crippen LogP contribution < -0.4 is 10.2 Å². The molecule has 6 heteroatoms. The van der Waals surface area contributed by atoms with Crippen LogP contribution in [0.2, 0.25) is 0 Å². The first kappa shape index (κ1) is 16.3. The fraction of sp³-hybridized carbons (Fsp3) is 0.250. The minimum absolute atomic E-state index is 0.0339. The Labute approximate surface area is 149 Å². The molecular formula is C20H18N2O4. The Balaban J connectivity index is 1.71. The molecule has 0 unspecified atom stereocenters. The van der Waals surface area contributed by atoms with Gasteiger partial charge in [-0.1, -0.05) is 24.3 Å². The Morgan fingerprint density at radius 2 is 2.00 bits per heavy atom. The fourth-order valence-electron chi connectivity index (χ4n) is 3.52. The Bertz CT molecular complexity index is 1050. The van der Waals surface area contributed by atoms with Gasteiger partial charge in [-0.3, -0.25) is 4.79 Å². The minimum Gasteiger partial charge on any atom is -0.477 e. The Morgan fingerprint density at radius 3 is 2.62 bits per heavy atom. The van der Waals surface area contributed by atoms with Gasteiger partial charge in [-0.15, -0.1) is 0 Å². The maximum absolute atomic E-state index is 12.5. The molecule has 4 rings (SSSR count). The largest absolute Gasteiger partial charge is 0.477 e. The van der Waals surface area contributed by atoms with Crippen LogP contribution in [0, 0.1) is 0 Å². The van der Waals surface area contributed by atoms with Crippen molar-refractivity contribution < 1.29 is 14.6 Å². The predicted molar refractivity (Wildman–Crippen MR) is 96.9 cm³/mol. The highest BCUT2D eigenvalue weighted by atomic mass is 16.5. The van der Waals surface area contributed by atoms with Gasteiger partial charge in [0.05, 0.1) is 17.1 Å². The number of aromatic carboxylic acids is 1. The third-order valence-electron chi connectivity index (χ3n) is 4.81. The molecule has 1 aliphatic rings. The molecule has 0 saturated carbocycles. The van der Waals surface area contributed by atoms with E-state index in [4.69, 9.17) is 4.74 Å². The molecule has 3 aromatic rings.